The molecule has 4 nitrogen and oxygen atoms in total. The molecule has 1 heterocycles. The minimum absolute atomic E-state index is 0. The highest BCUT2D eigenvalue weighted by Gasteiger charge is 2.09. The largest absolute Gasteiger partial charge is 0.364 e. The van der Waals surface area contributed by atoms with Crippen molar-refractivity contribution < 1.29 is 4.79 Å². The van der Waals surface area contributed by atoms with Gasteiger partial charge in [-0.1, -0.05) is 36.4 Å². The van der Waals surface area contributed by atoms with Crippen molar-refractivity contribution in [1.82, 2.24) is 4.98 Å². The van der Waals surface area contributed by atoms with E-state index in [9.17, 15) is 4.79 Å². The van der Waals surface area contributed by atoms with Gasteiger partial charge in [-0.15, -0.1) is 24.8 Å². The molecule has 1 aromatic carbocycles. The van der Waals surface area contributed by atoms with E-state index in [0.29, 0.717) is 6.42 Å². The average Bonchev–Trinajstić information content (AvgIpc) is 2.40. The Kier molecular flexibility index (Phi) is 7.84. The summed E-state index contributed by atoms with van der Waals surface area (Å²) in [5.41, 5.74) is 13.4. The standard InChI is InChI=1S/C14H15N3O.2ClH/c15-12(10-5-2-1-3-6-10)9-11-7-4-8-13(17-11)14(16)18;;/h1-8,12H,9,15H2,(H2,16,18);2*1H. The molecule has 4 N–H and O–H groups in total. The summed E-state index contributed by atoms with van der Waals surface area (Å²) >= 11 is 0. The first kappa shape index (κ1) is 18.4. The van der Waals surface area contributed by atoms with E-state index in [-0.39, 0.29) is 36.5 Å². The third-order valence-electron chi connectivity index (χ3n) is 2.72. The fraction of sp³-hybridized carbons (Fsp3) is 0.143. The van der Waals surface area contributed by atoms with Gasteiger partial charge in [0.1, 0.15) is 5.69 Å². The van der Waals surface area contributed by atoms with Crippen LogP contribution in [0, 0.1) is 0 Å². The summed E-state index contributed by atoms with van der Waals surface area (Å²) < 4.78 is 0. The zero-order valence-corrected chi connectivity index (χ0v) is 12.4. The van der Waals surface area contributed by atoms with Crippen LogP contribution < -0.4 is 11.5 Å². The molecule has 1 aromatic heterocycles. The predicted molar refractivity (Wildman–Crippen MR) is 84.3 cm³/mol. The fourth-order valence-corrected chi connectivity index (χ4v) is 1.77. The summed E-state index contributed by atoms with van der Waals surface area (Å²) in [6, 6.07) is 14.9. The van der Waals surface area contributed by atoms with Crippen LogP contribution in [-0.4, -0.2) is 10.9 Å². The zero-order valence-electron chi connectivity index (χ0n) is 10.7. The minimum atomic E-state index is -0.523. The van der Waals surface area contributed by atoms with E-state index >= 15 is 0 Å². The van der Waals surface area contributed by atoms with E-state index in [1.165, 1.54) is 0 Å². The number of hydrogen-bond acceptors (Lipinski definition) is 3. The summed E-state index contributed by atoms with van der Waals surface area (Å²) in [6.45, 7) is 0. The van der Waals surface area contributed by atoms with Crippen molar-refractivity contribution in [3.63, 3.8) is 0 Å². The molecule has 108 valence electrons. The van der Waals surface area contributed by atoms with Crippen LogP contribution in [0.15, 0.2) is 48.5 Å². The number of benzene rings is 1. The molecule has 1 amide bonds. The summed E-state index contributed by atoms with van der Waals surface area (Å²) in [5, 5.41) is 0. The number of rotatable bonds is 4. The number of primary amides is 1. The lowest BCUT2D eigenvalue weighted by Gasteiger charge is -2.11. The van der Waals surface area contributed by atoms with Crippen molar-refractivity contribution in [2.24, 2.45) is 11.5 Å². The van der Waals surface area contributed by atoms with Gasteiger partial charge in [-0.25, -0.2) is 4.98 Å². The summed E-state index contributed by atoms with van der Waals surface area (Å²) in [5.74, 6) is -0.523. The van der Waals surface area contributed by atoms with Gasteiger partial charge in [0.05, 0.1) is 0 Å². The van der Waals surface area contributed by atoms with Crippen LogP contribution in [0.25, 0.3) is 0 Å². The average molecular weight is 314 g/mol. The van der Waals surface area contributed by atoms with Crippen LogP contribution in [0.2, 0.25) is 0 Å². The minimum Gasteiger partial charge on any atom is -0.364 e. The molecule has 2 aromatic rings. The first-order chi connectivity index (χ1) is 8.66. The van der Waals surface area contributed by atoms with Crippen molar-refractivity contribution >= 4 is 30.7 Å². The normalized spacial score (nSPS) is 10.8. The Labute approximate surface area is 130 Å². The van der Waals surface area contributed by atoms with Crippen LogP contribution >= 0.6 is 24.8 Å². The lowest BCUT2D eigenvalue weighted by molar-refractivity contribution is 0.0995. The van der Waals surface area contributed by atoms with E-state index < -0.39 is 5.91 Å². The number of carbonyl (C=O) groups excluding carboxylic acids is 1. The van der Waals surface area contributed by atoms with Gasteiger partial charge in [0.2, 0.25) is 0 Å². The lowest BCUT2D eigenvalue weighted by Crippen LogP contribution is -2.17. The molecule has 0 fully saturated rings. The van der Waals surface area contributed by atoms with Gasteiger partial charge < -0.3 is 11.5 Å². The van der Waals surface area contributed by atoms with E-state index in [2.05, 4.69) is 4.98 Å². The molecular formula is C14H17Cl2N3O. The maximum Gasteiger partial charge on any atom is 0.267 e. The molecular weight excluding hydrogens is 297 g/mol. The van der Waals surface area contributed by atoms with Gasteiger partial charge in [-0.3, -0.25) is 4.79 Å². The summed E-state index contributed by atoms with van der Waals surface area (Å²) in [6.07, 6.45) is 0.575. The number of pyridine rings is 1. The topological polar surface area (TPSA) is 82.0 Å². The molecule has 0 spiro atoms. The molecule has 2 rings (SSSR count). The Morgan fingerprint density at radius 1 is 1.05 bits per heavy atom. The third kappa shape index (κ3) is 4.81. The number of halogens is 2. The van der Waals surface area contributed by atoms with Crippen LogP contribution in [0.5, 0.6) is 0 Å². The molecule has 0 radical (unpaired) electrons. The third-order valence-corrected chi connectivity index (χ3v) is 2.72. The van der Waals surface area contributed by atoms with E-state index in [1.54, 1.807) is 12.1 Å². The highest BCUT2D eigenvalue weighted by atomic mass is 35.5. The summed E-state index contributed by atoms with van der Waals surface area (Å²) in [4.78, 5) is 15.2. The Morgan fingerprint density at radius 2 is 1.70 bits per heavy atom. The van der Waals surface area contributed by atoms with Crippen LogP contribution in [0.1, 0.15) is 27.8 Å². The SMILES string of the molecule is Cl.Cl.NC(=O)c1cccc(CC(N)c2ccccc2)n1. The molecule has 1 unspecified atom stereocenters. The number of aromatic nitrogens is 1. The van der Waals surface area contributed by atoms with Crippen molar-refractivity contribution in [2.45, 2.75) is 12.5 Å². The fourth-order valence-electron chi connectivity index (χ4n) is 1.77. The second kappa shape index (κ2) is 8.53. The quantitative estimate of drug-likeness (QED) is 0.908. The molecule has 0 aliphatic heterocycles. The molecule has 0 saturated heterocycles. The van der Waals surface area contributed by atoms with Crippen molar-refractivity contribution in [3.8, 4) is 0 Å². The highest BCUT2D eigenvalue weighted by molar-refractivity contribution is 5.90. The zero-order chi connectivity index (χ0) is 13.0. The number of hydrogen-bond donors (Lipinski definition) is 2. The molecule has 0 aliphatic carbocycles. The Bertz CT molecular complexity index is 549. The Morgan fingerprint density at radius 3 is 2.30 bits per heavy atom. The Balaban J connectivity index is 0.00000180. The van der Waals surface area contributed by atoms with Crippen molar-refractivity contribution in [3.05, 3.63) is 65.5 Å². The van der Waals surface area contributed by atoms with Gasteiger partial charge in [-0.05, 0) is 17.7 Å². The lowest BCUT2D eigenvalue weighted by atomic mass is 10.0. The second-order valence-electron chi connectivity index (χ2n) is 4.10. The number of nitrogens with zero attached hydrogens (tertiary/aromatic N) is 1. The molecule has 0 saturated carbocycles. The second-order valence-corrected chi connectivity index (χ2v) is 4.10. The smallest absolute Gasteiger partial charge is 0.267 e. The van der Waals surface area contributed by atoms with E-state index in [1.807, 2.05) is 36.4 Å². The molecule has 20 heavy (non-hydrogen) atoms. The maximum absolute atomic E-state index is 11.0. The molecule has 0 aliphatic rings. The van der Waals surface area contributed by atoms with Gasteiger partial charge in [-0.2, -0.15) is 0 Å². The van der Waals surface area contributed by atoms with E-state index in [4.69, 9.17) is 11.5 Å². The van der Waals surface area contributed by atoms with E-state index in [0.717, 1.165) is 11.3 Å². The van der Waals surface area contributed by atoms with Gasteiger partial charge in [0, 0.05) is 18.2 Å². The van der Waals surface area contributed by atoms with Gasteiger partial charge in [0.15, 0.2) is 0 Å². The number of nitrogens with two attached hydrogens (primary N) is 2. The maximum atomic E-state index is 11.0. The van der Waals surface area contributed by atoms with Crippen molar-refractivity contribution in [2.75, 3.05) is 0 Å². The Hall–Kier alpha value is -1.62. The first-order valence-electron chi connectivity index (χ1n) is 5.73. The first-order valence-corrected chi connectivity index (χ1v) is 5.73. The predicted octanol–water partition coefficient (Wildman–Crippen LogP) is 2.27. The van der Waals surface area contributed by atoms with Crippen LogP contribution in [0.3, 0.4) is 0 Å². The monoisotopic (exact) mass is 313 g/mol. The van der Waals surface area contributed by atoms with Crippen LogP contribution in [-0.2, 0) is 6.42 Å². The number of amides is 1. The number of carbonyl (C=O) groups is 1. The van der Waals surface area contributed by atoms with Gasteiger partial charge in [0.25, 0.3) is 5.91 Å². The van der Waals surface area contributed by atoms with Crippen LogP contribution in [0.4, 0.5) is 0 Å². The molecule has 6 heteroatoms. The molecule has 1 atom stereocenters. The highest BCUT2D eigenvalue weighted by Crippen LogP contribution is 2.14. The van der Waals surface area contributed by atoms with Gasteiger partial charge >= 0.3 is 0 Å². The summed E-state index contributed by atoms with van der Waals surface area (Å²) in [7, 11) is 0. The van der Waals surface area contributed by atoms with Crippen molar-refractivity contribution in [1.29, 1.82) is 0 Å². The molecule has 0 bridgehead atoms.